The third-order valence-corrected chi connectivity index (χ3v) is 3.37. The number of nitrogens with one attached hydrogen (secondary N) is 1. The fourth-order valence-corrected chi connectivity index (χ4v) is 2.24. The first-order valence-corrected chi connectivity index (χ1v) is 7.22. The van der Waals surface area contributed by atoms with Crippen molar-refractivity contribution in [1.82, 2.24) is 10.2 Å². The van der Waals surface area contributed by atoms with Crippen LogP contribution in [0.25, 0.3) is 0 Å². The van der Waals surface area contributed by atoms with E-state index in [1.54, 1.807) is 24.3 Å². The summed E-state index contributed by atoms with van der Waals surface area (Å²) >= 11 is 0. The van der Waals surface area contributed by atoms with E-state index >= 15 is 0 Å². The van der Waals surface area contributed by atoms with Crippen molar-refractivity contribution >= 4 is 0 Å². The lowest BCUT2D eigenvalue weighted by Gasteiger charge is -2.30. The van der Waals surface area contributed by atoms with Crippen LogP contribution in [0, 0.1) is 0 Å². The van der Waals surface area contributed by atoms with Gasteiger partial charge in [-0.2, -0.15) is 13.2 Å². The molecule has 0 radical (unpaired) electrons. The number of rotatable bonds is 6. The smallest absolute Gasteiger partial charge is 0.422 e. The maximum absolute atomic E-state index is 12.0. The van der Waals surface area contributed by atoms with E-state index in [0.29, 0.717) is 6.54 Å². The molecule has 0 unspecified atom stereocenters. The summed E-state index contributed by atoms with van der Waals surface area (Å²) in [6, 6.07) is 6.61. The molecule has 0 aliphatic carbocycles. The van der Waals surface area contributed by atoms with Gasteiger partial charge in [0.15, 0.2) is 6.61 Å². The van der Waals surface area contributed by atoms with Crippen molar-refractivity contribution in [2.75, 3.05) is 39.9 Å². The topological polar surface area (TPSA) is 33.7 Å². The van der Waals surface area contributed by atoms with Gasteiger partial charge in [0.1, 0.15) is 5.75 Å². The largest absolute Gasteiger partial charge is 0.484 e. The summed E-state index contributed by atoms with van der Waals surface area (Å²) in [5, 5.41) is 3.30. The number of halogens is 3. The molecule has 1 heterocycles. The summed E-state index contributed by atoms with van der Waals surface area (Å²) < 4.78 is 46.4. The summed E-state index contributed by atoms with van der Waals surface area (Å²) in [5.41, 5.74) is 0.989. The quantitative estimate of drug-likeness (QED) is 0.870. The molecule has 1 N–H and O–H groups in total. The van der Waals surface area contributed by atoms with Crippen molar-refractivity contribution in [1.29, 1.82) is 0 Å². The number of hydrogen-bond donors (Lipinski definition) is 1. The fourth-order valence-electron chi connectivity index (χ4n) is 2.24. The molecule has 22 heavy (non-hydrogen) atoms. The summed E-state index contributed by atoms with van der Waals surface area (Å²) in [7, 11) is 2.06. The van der Waals surface area contributed by atoms with E-state index in [4.69, 9.17) is 4.74 Å². The van der Waals surface area contributed by atoms with Gasteiger partial charge in [0.05, 0.1) is 12.7 Å². The molecule has 1 fully saturated rings. The van der Waals surface area contributed by atoms with Gasteiger partial charge >= 0.3 is 6.18 Å². The first-order valence-electron chi connectivity index (χ1n) is 7.22. The molecular formula is C15H21F3N2O2. The number of nitrogens with zero attached hydrogens (tertiary/aromatic N) is 1. The Morgan fingerprint density at radius 3 is 2.68 bits per heavy atom. The summed E-state index contributed by atoms with van der Waals surface area (Å²) in [6.07, 6.45) is -4.14. The van der Waals surface area contributed by atoms with E-state index in [9.17, 15) is 13.2 Å². The Morgan fingerprint density at radius 1 is 1.32 bits per heavy atom. The van der Waals surface area contributed by atoms with Gasteiger partial charge in [-0.1, -0.05) is 12.1 Å². The third kappa shape index (κ3) is 6.21. The predicted molar refractivity (Wildman–Crippen MR) is 76.9 cm³/mol. The number of benzene rings is 1. The van der Waals surface area contributed by atoms with Gasteiger partial charge in [-0.3, -0.25) is 0 Å². The third-order valence-electron chi connectivity index (χ3n) is 3.37. The zero-order chi connectivity index (χ0) is 16.0. The second-order valence-corrected chi connectivity index (χ2v) is 5.43. The molecule has 1 aliphatic heterocycles. The van der Waals surface area contributed by atoms with Crippen molar-refractivity contribution in [3.8, 4) is 5.75 Å². The van der Waals surface area contributed by atoms with Crippen molar-refractivity contribution in [2.24, 2.45) is 0 Å². The molecule has 2 rings (SSSR count). The summed E-state index contributed by atoms with van der Waals surface area (Å²) in [5.74, 6) is 0.221. The minimum absolute atomic E-state index is 0.174. The number of ether oxygens (including phenoxy) is 2. The second-order valence-electron chi connectivity index (χ2n) is 5.43. The van der Waals surface area contributed by atoms with E-state index in [-0.39, 0.29) is 11.9 Å². The van der Waals surface area contributed by atoms with Crippen molar-refractivity contribution in [2.45, 2.75) is 18.8 Å². The minimum Gasteiger partial charge on any atom is -0.484 e. The lowest BCUT2D eigenvalue weighted by atomic mass is 10.2. The average Bonchev–Trinajstić information content (AvgIpc) is 2.46. The zero-order valence-electron chi connectivity index (χ0n) is 12.5. The zero-order valence-corrected chi connectivity index (χ0v) is 12.5. The highest BCUT2D eigenvalue weighted by Gasteiger charge is 2.28. The standard InChI is InChI=1S/C15H21F3N2O2/c1-20-6-7-21-14(10-20)9-19-8-12-2-4-13(5-3-12)22-11-15(16,17)18/h2-5,14,19H,6-11H2,1H3/t14-/m1/s1. The van der Waals surface area contributed by atoms with Crippen LogP contribution in [0.4, 0.5) is 13.2 Å². The van der Waals surface area contributed by atoms with Crippen LogP contribution in [0.5, 0.6) is 5.75 Å². The Balaban J connectivity index is 1.70. The lowest BCUT2D eigenvalue weighted by Crippen LogP contribution is -2.44. The first kappa shape index (κ1) is 17.1. The molecule has 1 aromatic carbocycles. The van der Waals surface area contributed by atoms with Crippen LogP contribution in [0.2, 0.25) is 0 Å². The molecular weight excluding hydrogens is 297 g/mol. The second kappa shape index (κ2) is 7.80. The maximum Gasteiger partial charge on any atom is 0.422 e. The van der Waals surface area contributed by atoms with Gasteiger partial charge in [-0.15, -0.1) is 0 Å². The first-order chi connectivity index (χ1) is 10.4. The number of alkyl halides is 3. The molecule has 0 amide bonds. The predicted octanol–water partition coefficient (Wildman–Crippen LogP) is 2.05. The van der Waals surface area contributed by atoms with Crippen molar-refractivity contribution < 1.29 is 22.6 Å². The number of morpholine rings is 1. The minimum atomic E-state index is -4.31. The van der Waals surface area contributed by atoms with Crippen LogP contribution < -0.4 is 10.1 Å². The maximum atomic E-state index is 12.0. The number of likely N-dealkylation sites (N-methyl/N-ethyl adjacent to an activating group) is 1. The summed E-state index contributed by atoms with van der Waals surface area (Å²) in [4.78, 5) is 2.22. The van der Waals surface area contributed by atoms with E-state index < -0.39 is 12.8 Å². The van der Waals surface area contributed by atoms with E-state index in [1.807, 2.05) is 0 Å². The highest BCUT2D eigenvalue weighted by Crippen LogP contribution is 2.18. The number of hydrogen-bond acceptors (Lipinski definition) is 4. The molecule has 124 valence electrons. The average molecular weight is 318 g/mol. The van der Waals surface area contributed by atoms with Crippen LogP contribution in [-0.4, -0.2) is 57.1 Å². The Morgan fingerprint density at radius 2 is 2.05 bits per heavy atom. The Labute approximate surface area is 128 Å². The van der Waals surface area contributed by atoms with Crippen molar-refractivity contribution in [3.05, 3.63) is 29.8 Å². The molecule has 7 heteroatoms. The van der Waals surface area contributed by atoms with E-state index in [2.05, 4.69) is 22.0 Å². The molecule has 0 bridgehead atoms. The van der Waals surface area contributed by atoms with Crippen LogP contribution in [0.15, 0.2) is 24.3 Å². The van der Waals surface area contributed by atoms with Gasteiger partial charge in [-0.25, -0.2) is 0 Å². The molecule has 1 aliphatic rings. The highest BCUT2D eigenvalue weighted by atomic mass is 19.4. The van der Waals surface area contributed by atoms with E-state index in [1.165, 1.54) is 0 Å². The SMILES string of the molecule is CN1CCO[C@H](CNCc2ccc(OCC(F)(F)F)cc2)C1. The molecule has 0 aromatic heterocycles. The Hall–Kier alpha value is -1.31. The van der Waals surface area contributed by atoms with Gasteiger partial charge in [0.2, 0.25) is 0 Å². The summed E-state index contributed by atoms with van der Waals surface area (Å²) in [6.45, 7) is 2.72. The normalized spacial score (nSPS) is 20.1. The van der Waals surface area contributed by atoms with Gasteiger partial charge in [0.25, 0.3) is 0 Å². The molecule has 1 atom stereocenters. The molecule has 0 spiro atoms. The lowest BCUT2D eigenvalue weighted by molar-refractivity contribution is -0.153. The van der Waals surface area contributed by atoms with Gasteiger partial charge in [0, 0.05) is 26.2 Å². The van der Waals surface area contributed by atoms with E-state index in [0.717, 1.165) is 31.8 Å². The van der Waals surface area contributed by atoms with Crippen LogP contribution in [-0.2, 0) is 11.3 Å². The van der Waals surface area contributed by atoms with Gasteiger partial charge < -0.3 is 19.7 Å². The fraction of sp³-hybridized carbons (Fsp3) is 0.600. The molecule has 4 nitrogen and oxygen atoms in total. The molecule has 1 saturated heterocycles. The highest BCUT2D eigenvalue weighted by molar-refractivity contribution is 5.27. The van der Waals surface area contributed by atoms with Gasteiger partial charge in [-0.05, 0) is 24.7 Å². The van der Waals surface area contributed by atoms with Crippen LogP contribution in [0.1, 0.15) is 5.56 Å². The molecule has 0 saturated carbocycles. The Kier molecular flexibility index (Phi) is 6.05. The monoisotopic (exact) mass is 318 g/mol. The van der Waals surface area contributed by atoms with Crippen LogP contribution in [0.3, 0.4) is 0 Å². The molecule has 1 aromatic rings. The van der Waals surface area contributed by atoms with Crippen molar-refractivity contribution in [3.63, 3.8) is 0 Å². The van der Waals surface area contributed by atoms with Crippen LogP contribution >= 0.6 is 0 Å². The Bertz CT molecular complexity index is 451.